The molecule has 3 rings (SSSR count). The maximum absolute atomic E-state index is 12.3. The molecule has 0 aliphatic heterocycles. The molecule has 6 nitrogen and oxygen atoms in total. The van der Waals surface area contributed by atoms with E-state index in [1.807, 2.05) is 81.4 Å². The lowest BCUT2D eigenvalue weighted by molar-refractivity contribution is -0.118. The molecule has 0 saturated carbocycles. The first-order chi connectivity index (χ1) is 15.5. The van der Waals surface area contributed by atoms with Crippen molar-refractivity contribution in [3.05, 3.63) is 77.4 Å². The van der Waals surface area contributed by atoms with Crippen LogP contribution in [0.3, 0.4) is 0 Å². The van der Waals surface area contributed by atoms with Gasteiger partial charge in [0.15, 0.2) is 18.1 Å². The predicted octanol–water partition coefficient (Wildman–Crippen LogP) is 5.34. The molecule has 0 bridgehead atoms. The molecule has 168 valence electrons. The average molecular weight is 435 g/mol. The van der Waals surface area contributed by atoms with Crippen molar-refractivity contribution in [2.24, 2.45) is 0 Å². The summed E-state index contributed by atoms with van der Waals surface area (Å²) < 4.78 is 16.6. The van der Waals surface area contributed by atoms with Crippen LogP contribution in [0.15, 0.2) is 60.7 Å². The molecule has 0 fully saturated rings. The van der Waals surface area contributed by atoms with Gasteiger partial charge in [-0.1, -0.05) is 18.2 Å². The van der Waals surface area contributed by atoms with Crippen LogP contribution in [-0.2, 0) is 11.3 Å². The summed E-state index contributed by atoms with van der Waals surface area (Å²) in [4.78, 5) is 12.3. The Hall–Kier alpha value is -3.67. The average Bonchev–Trinajstić information content (AvgIpc) is 2.80. The van der Waals surface area contributed by atoms with Gasteiger partial charge in [-0.2, -0.15) is 0 Å². The first-order valence-electron chi connectivity index (χ1n) is 10.6. The van der Waals surface area contributed by atoms with Crippen LogP contribution in [0.5, 0.6) is 17.2 Å². The van der Waals surface area contributed by atoms with Crippen molar-refractivity contribution < 1.29 is 19.0 Å². The number of nitrogens with one attached hydrogen (secondary N) is 2. The Morgan fingerprint density at radius 1 is 0.906 bits per heavy atom. The van der Waals surface area contributed by atoms with Gasteiger partial charge in [0, 0.05) is 17.9 Å². The van der Waals surface area contributed by atoms with Gasteiger partial charge in [0.05, 0.1) is 13.7 Å². The minimum Gasteiger partial charge on any atom is -0.494 e. The number of amides is 1. The van der Waals surface area contributed by atoms with E-state index in [0.717, 1.165) is 33.8 Å². The lowest BCUT2D eigenvalue weighted by Crippen LogP contribution is -2.21. The molecule has 0 heterocycles. The maximum atomic E-state index is 12.3. The number of hydrogen-bond donors (Lipinski definition) is 2. The van der Waals surface area contributed by atoms with Crippen LogP contribution in [0.2, 0.25) is 0 Å². The molecule has 3 aromatic rings. The Kier molecular flexibility index (Phi) is 7.97. The van der Waals surface area contributed by atoms with E-state index in [-0.39, 0.29) is 12.5 Å². The van der Waals surface area contributed by atoms with Gasteiger partial charge in [-0.15, -0.1) is 0 Å². The first kappa shape index (κ1) is 23.0. The molecule has 0 radical (unpaired) electrons. The van der Waals surface area contributed by atoms with Crippen molar-refractivity contribution in [1.82, 2.24) is 0 Å². The SMILES string of the molecule is CCOc1ccc(NCc2ccc(OCC(=O)Nc3cc(C)ccc3C)c(OC)c2)cc1. The van der Waals surface area contributed by atoms with Gasteiger partial charge >= 0.3 is 0 Å². The highest BCUT2D eigenvalue weighted by Crippen LogP contribution is 2.28. The lowest BCUT2D eigenvalue weighted by Gasteiger charge is -2.14. The van der Waals surface area contributed by atoms with Crippen LogP contribution in [-0.4, -0.2) is 26.2 Å². The highest BCUT2D eigenvalue weighted by molar-refractivity contribution is 5.92. The standard InChI is InChI=1S/C26H30N2O4/c1-5-31-22-11-9-21(10-12-22)27-16-20-8-13-24(25(15-20)30-4)32-17-26(29)28-23-14-18(2)6-7-19(23)3/h6-15,27H,5,16-17H2,1-4H3,(H,28,29). The molecule has 0 spiro atoms. The fourth-order valence-corrected chi connectivity index (χ4v) is 3.18. The summed E-state index contributed by atoms with van der Waals surface area (Å²) in [6.07, 6.45) is 0. The number of carbonyl (C=O) groups excluding carboxylic acids is 1. The van der Waals surface area contributed by atoms with Crippen LogP contribution in [0.25, 0.3) is 0 Å². The maximum Gasteiger partial charge on any atom is 0.262 e. The van der Waals surface area contributed by atoms with Crippen molar-refractivity contribution in [2.75, 3.05) is 31.0 Å². The smallest absolute Gasteiger partial charge is 0.262 e. The molecule has 6 heteroatoms. The third kappa shape index (κ3) is 6.41. The Morgan fingerprint density at radius 2 is 1.69 bits per heavy atom. The molecule has 0 aliphatic rings. The van der Waals surface area contributed by atoms with Crippen molar-refractivity contribution in [3.63, 3.8) is 0 Å². The molecular weight excluding hydrogens is 404 g/mol. The third-order valence-corrected chi connectivity index (χ3v) is 4.92. The molecular formula is C26H30N2O4. The minimum atomic E-state index is -0.220. The fraction of sp³-hybridized carbons (Fsp3) is 0.269. The number of anilines is 2. The Morgan fingerprint density at radius 3 is 2.41 bits per heavy atom. The van der Waals surface area contributed by atoms with Crippen LogP contribution in [0.4, 0.5) is 11.4 Å². The summed E-state index contributed by atoms with van der Waals surface area (Å²) in [7, 11) is 1.59. The third-order valence-electron chi connectivity index (χ3n) is 4.92. The van der Waals surface area contributed by atoms with Crippen molar-refractivity contribution >= 4 is 17.3 Å². The van der Waals surface area contributed by atoms with Crippen LogP contribution >= 0.6 is 0 Å². The van der Waals surface area contributed by atoms with Gasteiger partial charge in [0.25, 0.3) is 5.91 Å². The fourth-order valence-electron chi connectivity index (χ4n) is 3.18. The van der Waals surface area contributed by atoms with Gasteiger partial charge in [-0.25, -0.2) is 0 Å². The molecule has 0 unspecified atom stereocenters. The second kappa shape index (κ2) is 11.1. The number of rotatable bonds is 10. The number of benzene rings is 3. The summed E-state index contributed by atoms with van der Waals surface area (Å²) in [6, 6.07) is 19.4. The lowest BCUT2D eigenvalue weighted by atomic mass is 10.1. The molecule has 1 amide bonds. The molecule has 2 N–H and O–H groups in total. The Labute approximate surface area is 189 Å². The summed E-state index contributed by atoms with van der Waals surface area (Å²) in [5.41, 5.74) is 4.91. The van der Waals surface area contributed by atoms with E-state index in [4.69, 9.17) is 14.2 Å². The van der Waals surface area contributed by atoms with E-state index in [9.17, 15) is 4.79 Å². The molecule has 0 saturated heterocycles. The van der Waals surface area contributed by atoms with E-state index in [0.29, 0.717) is 24.7 Å². The van der Waals surface area contributed by atoms with Gasteiger partial charge in [0.2, 0.25) is 0 Å². The van der Waals surface area contributed by atoms with E-state index < -0.39 is 0 Å². The number of methoxy groups -OCH3 is 1. The predicted molar refractivity (Wildman–Crippen MR) is 128 cm³/mol. The van der Waals surface area contributed by atoms with Crippen LogP contribution in [0.1, 0.15) is 23.6 Å². The number of hydrogen-bond acceptors (Lipinski definition) is 5. The quantitative estimate of drug-likeness (QED) is 0.451. The zero-order chi connectivity index (χ0) is 22.9. The first-order valence-corrected chi connectivity index (χ1v) is 10.6. The van der Waals surface area contributed by atoms with Crippen molar-refractivity contribution in [1.29, 1.82) is 0 Å². The van der Waals surface area contributed by atoms with Gasteiger partial charge < -0.3 is 24.8 Å². The van der Waals surface area contributed by atoms with Gasteiger partial charge in [0.1, 0.15) is 5.75 Å². The molecule has 32 heavy (non-hydrogen) atoms. The van der Waals surface area contributed by atoms with Crippen molar-refractivity contribution in [2.45, 2.75) is 27.3 Å². The van der Waals surface area contributed by atoms with Crippen molar-refractivity contribution in [3.8, 4) is 17.2 Å². The summed E-state index contributed by atoms with van der Waals surface area (Å²) >= 11 is 0. The van der Waals surface area contributed by atoms with E-state index in [1.165, 1.54) is 0 Å². The molecule has 0 aliphatic carbocycles. The summed E-state index contributed by atoms with van der Waals surface area (Å²) in [5.74, 6) is 1.73. The summed E-state index contributed by atoms with van der Waals surface area (Å²) in [6.45, 7) is 7.08. The second-order valence-electron chi connectivity index (χ2n) is 7.45. The largest absolute Gasteiger partial charge is 0.494 e. The van der Waals surface area contributed by atoms with Gasteiger partial charge in [-0.05, 0) is 79.9 Å². The highest BCUT2D eigenvalue weighted by atomic mass is 16.5. The number of ether oxygens (including phenoxy) is 3. The molecule has 3 aromatic carbocycles. The number of aryl methyl sites for hydroxylation is 2. The van der Waals surface area contributed by atoms with Gasteiger partial charge in [-0.3, -0.25) is 4.79 Å². The second-order valence-corrected chi connectivity index (χ2v) is 7.45. The van der Waals surface area contributed by atoms with E-state index in [1.54, 1.807) is 7.11 Å². The van der Waals surface area contributed by atoms with Crippen LogP contribution in [0, 0.1) is 13.8 Å². The topological polar surface area (TPSA) is 68.8 Å². The van der Waals surface area contributed by atoms with E-state index in [2.05, 4.69) is 10.6 Å². The Bertz CT molecular complexity index is 1050. The highest BCUT2D eigenvalue weighted by Gasteiger charge is 2.10. The Balaban J connectivity index is 1.56. The minimum absolute atomic E-state index is 0.104. The van der Waals surface area contributed by atoms with Crippen LogP contribution < -0.4 is 24.8 Å². The number of carbonyl (C=O) groups is 1. The zero-order valence-electron chi connectivity index (χ0n) is 19.0. The summed E-state index contributed by atoms with van der Waals surface area (Å²) in [5, 5.41) is 6.27. The molecule has 0 aromatic heterocycles. The zero-order valence-corrected chi connectivity index (χ0v) is 19.0. The molecule has 0 atom stereocenters. The van der Waals surface area contributed by atoms with E-state index >= 15 is 0 Å². The normalized spacial score (nSPS) is 10.4. The monoisotopic (exact) mass is 434 g/mol.